The molecule has 0 bridgehead atoms. The van der Waals surface area contributed by atoms with Crippen LogP contribution in [0.25, 0.3) is 0 Å². The van der Waals surface area contributed by atoms with Crippen LogP contribution in [0.5, 0.6) is 0 Å². The third-order valence-corrected chi connectivity index (χ3v) is 9.27. The molecule has 9 heteroatoms. The Kier molecular flexibility index (Phi) is 6.48. The number of hydrogen-bond donors (Lipinski definition) is 0. The van der Waals surface area contributed by atoms with E-state index in [2.05, 4.69) is 25.8 Å². The summed E-state index contributed by atoms with van der Waals surface area (Å²) in [5, 5.41) is 2.57. The minimum Gasteiger partial charge on any atom is -0.348 e. The van der Waals surface area contributed by atoms with Gasteiger partial charge in [-0.3, -0.25) is 0 Å². The van der Waals surface area contributed by atoms with Crippen molar-refractivity contribution in [3.05, 3.63) is 74.4 Å². The van der Waals surface area contributed by atoms with Crippen LogP contribution in [0.2, 0.25) is 5.02 Å². The van der Waals surface area contributed by atoms with Crippen molar-refractivity contribution >= 4 is 53.8 Å². The molecule has 1 aliphatic heterocycles. The minimum atomic E-state index is -3.34. The number of thiazole rings is 1. The molecule has 1 saturated heterocycles. The van der Waals surface area contributed by atoms with Crippen molar-refractivity contribution in [1.82, 2.24) is 4.98 Å². The first kappa shape index (κ1) is 21.7. The smallest absolute Gasteiger partial charge is 0.185 e. The molecule has 158 valence electrons. The Morgan fingerprint density at radius 3 is 2.53 bits per heavy atom. The van der Waals surface area contributed by atoms with Crippen LogP contribution in [0.4, 0.5) is 9.52 Å². The molecule has 1 aromatic heterocycles. The molecule has 3 aromatic rings. The molecule has 2 heterocycles. The second-order valence-corrected chi connectivity index (χ2v) is 11.6. The lowest BCUT2D eigenvalue weighted by Crippen LogP contribution is -2.39. The molecule has 0 unspecified atom stereocenters. The SMILES string of the molecule is O=S(=O)(c1ccc(Br)cc1)C1CCN(c2nc(Cc3ccc(Cl)c(F)c3)cs2)CC1. The number of benzene rings is 2. The Morgan fingerprint density at radius 1 is 1.17 bits per heavy atom. The van der Waals surface area contributed by atoms with Gasteiger partial charge in [-0.15, -0.1) is 11.3 Å². The molecule has 2 aromatic carbocycles. The molecule has 0 aliphatic carbocycles. The number of hydrogen-bond acceptors (Lipinski definition) is 5. The largest absolute Gasteiger partial charge is 0.348 e. The summed E-state index contributed by atoms with van der Waals surface area (Å²) >= 11 is 10.6. The Morgan fingerprint density at radius 2 is 1.87 bits per heavy atom. The summed E-state index contributed by atoms with van der Waals surface area (Å²) < 4.78 is 40.3. The first-order valence-electron chi connectivity index (χ1n) is 9.45. The predicted octanol–water partition coefficient (Wildman–Crippen LogP) is 5.73. The van der Waals surface area contributed by atoms with Crippen LogP contribution in [-0.4, -0.2) is 31.7 Å². The second-order valence-electron chi connectivity index (χ2n) is 7.23. The van der Waals surface area contributed by atoms with Crippen LogP contribution in [0.1, 0.15) is 24.1 Å². The van der Waals surface area contributed by atoms with E-state index in [1.165, 1.54) is 17.4 Å². The fraction of sp³-hybridized carbons (Fsp3) is 0.286. The fourth-order valence-corrected chi connectivity index (χ4v) is 6.55. The van der Waals surface area contributed by atoms with Gasteiger partial charge in [-0.1, -0.05) is 33.6 Å². The van der Waals surface area contributed by atoms with Gasteiger partial charge in [0.05, 0.1) is 20.9 Å². The molecule has 0 spiro atoms. The Labute approximate surface area is 192 Å². The maximum Gasteiger partial charge on any atom is 0.185 e. The van der Waals surface area contributed by atoms with E-state index in [-0.39, 0.29) is 10.3 Å². The number of rotatable bonds is 5. The fourth-order valence-electron chi connectivity index (χ4n) is 3.56. The molecule has 0 radical (unpaired) electrons. The van der Waals surface area contributed by atoms with Gasteiger partial charge in [0.15, 0.2) is 15.0 Å². The Balaban J connectivity index is 1.40. The van der Waals surface area contributed by atoms with Crippen molar-refractivity contribution in [1.29, 1.82) is 0 Å². The molecule has 0 atom stereocenters. The van der Waals surface area contributed by atoms with E-state index < -0.39 is 15.7 Å². The maximum atomic E-state index is 13.6. The third-order valence-electron chi connectivity index (χ3n) is 5.20. The van der Waals surface area contributed by atoms with Gasteiger partial charge >= 0.3 is 0 Å². The van der Waals surface area contributed by atoms with E-state index in [1.54, 1.807) is 36.4 Å². The van der Waals surface area contributed by atoms with Gasteiger partial charge in [-0.25, -0.2) is 17.8 Å². The summed E-state index contributed by atoms with van der Waals surface area (Å²) in [5.41, 5.74) is 1.68. The molecule has 0 saturated carbocycles. The predicted molar refractivity (Wildman–Crippen MR) is 123 cm³/mol. The van der Waals surface area contributed by atoms with Crippen molar-refractivity contribution in [2.24, 2.45) is 0 Å². The van der Waals surface area contributed by atoms with Crippen molar-refractivity contribution in [2.45, 2.75) is 29.4 Å². The number of sulfone groups is 1. The van der Waals surface area contributed by atoms with Gasteiger partial charge in [0.25, 0.3) is 0 Å². The molecule has 4 nitrogen and oxygen atoms in total. The highest BCUT2D eigenvalue weighted by atomic mass is 79.9. The standard InChI is InChI=1S/C21H19BrClFN2O2S2/c22-15-2-4-17(5-3-15)30(27,28)18-7-9-26(10-8-18)21-25-16(13-29-21)11-14-1-6-19(23)20(24)12-14/h1-6,12-13,18H,7-11H2. The van der Waals surface area contributed by atoms with Crippen LogP contribution in [0.15, 0.2) is 57.2 Å². The van der Waals surface area contributed by atoms with Crippen molar-refractivity contribution in [2.75, 3.05) is 18.0 Å². The Hall–Kier alpha value is -1.48. The number of halogens is 3. The number of anilines is 1. The molecule has 1 fully saturated rings. The first-order valence-corrected chi connectivity index (χ1v) is 13.1. The summed E-state index contributed by atoms with van der Waals surface area (Å²) in [4.78, 5) is 7.17. The Bertz CT molecular complexity index is 1140. The topological polar surface area (TPSA) is 50.3 Å². The summed E-state index contributed by atoms with van der Waals surface area (Å²) in [6.07, 6.45) is 1.66. The molecule has 1 aliphatic rings. The molecular weight excluding hydrogens is 511 g/mol. The zero-order valence-corrected chi connectivity index (χ0v) is 19.9. The van der Waals surface area contributed by atoms with Gasteiger partial charge < -0.3 is 4.90 Å². The third kappa shape index (κ3) is 4.72. The average Bonchev–Trinajstić information content (AvgIpc) is 3.20. The van der Waals surface area contributed by atoms with Gasteiger partial charge in [-0.2, -0.15) is 0 Å². The first-order chi connectivity index (χ1) is 14.3. The summed E-state index contributed by atoms with van der Waals surface area (Å²) in [6.45, 7) is 1.28. The van der Waals surface area contributed by atoms with E-state index in [4.69, 9.17) is 11.6 Å². The van der Waals surface area contributed by atoms with E-state index >= 15 is 0 Å². The minimum absolute atomic E-state index is 0.110. The number of aromatic nitrogens is 1. The molecule has 30 heavy (non-hydrogen) atoms. The summed E-state index contributed by atoms with van der Waals surface area (Å²) in [5.74, 6) is -0.432. The van der Waals surface area contributed by atoms with Crippen LogP contribution < -0.4 is 4.90 Å². The summed E-state index contributed by atoms with van der Waals surface area (Å²) in [7, 11) is -3.34. The molecule has 0 N–H and O–H groups in total. The highest BCUT2D eigenvalue weighted by Crippen LogP contribution is 2.30. The van der Waals surface area contributed by atoms with E-state index in [9.17, 15) is 12.8 Å². The highest BCUT2D eigenvalue weighted by Gasteiger charge is 2.32. The van der Waals surface area contributed by atoms with E-state index in [1.807, 2.05) is 5.38 Å². The van der Waals surface area contributed by atoms with Crippen LogP contribution in [0, 0.1) is 5.82 Å². The zero-order chi connectivity index (χ0) is 21.3. The van der Waals surface area contributed by atoms with Crippen LogP contribution in [0.3, 0.4) is 0 Å². The molecule has 0 amide bonds. The van der Waals surface area contributed by atoms with Crippen molar-refractivity contribution in [3.8, 4) is 0 Å². The van der Waals surface area contributed by atoms with Crippen molar-refractivity contribution < 1.29 is 12.8 Å². The van der Waals surface area contributed by atoms with Crippen molar-refractivity contribution in [3.63, 3.8) is 0 Å². The van der Waals surface area contributed by atoms with Gasteiger partial charge in [0.1, 0.15) is 5.82 Å². The molecule has 4 rings (SSSR count). The van der Waals surface area contributed by atoms with Gasteiger partial charge in [0.2, 0.25) is 0 Å². The number of nitrogens with zero attached hydrogens (tertiary/aromatic N) is 2. The lowest BCUT2D eigenvalue weighted by Gasteiger charge is -2.31. The number of piperidine rings is 1. The average molecular weight is 530 g/mol. The monoisotopic (exact) mass is 528 g/mol. The quantitative estimate of drug-likeness (QED) is 0.423. The lowest BCUT2D eigenvalue weighted by molar-refractivity contribution is 0.529. The van der Waals surface area contributed by atoms with Crippen LogP contribution >= 0.6 is 38.9 Å². The maximum absolute atomic E-state index is 13.6. The lowest BCUT2D eigenvalue weighted by atomic mass is 10.1. The zero-order valence-electron chi connectivity index (χ0n) is 15.9. The summed E-state index contributed by atoms with van der Waals surface area (Å²) in [6, 6.07) is 11.6. The highest BCUT2D eigenvalue weighted by molar-refractivity contribution is 9.10. The second kappa shape index (κ2) is 8.94. The van der Waals surface area contributed by atoms with E-state index in [0.29, 0.717) is 37.2 Å². The van der Waals surface area contributed by atoms with E-state index in [0.717, 1.165) is 20.9 Å². The van der Waals surface area contributed by atoms with Crippen LogP contribution in [-0.2, 0) is 16.3 Å². The van der Waals surface area contributed by atoms with Gasteiger partial charge in [-0.05, 0) is 54.8 Å². The van der Waals surface area contributed by atoms with Gasteiger partial charge in [0, 0.05) is 29.4 Å². The normalized spacial score (nSPS) is 15.5. The molecular formula is C21H19BrClFN2O2S2.